The standard InChI is InChI=1S/C13H8ClNO3/c14-13(16)11-7-2-1-5-9(11)10-6-3-4-8-12(10)15(17)18/h1-8H. The number of benzene rings is 2. The number of carbonyl (C=O) groups excluding carboxylic acids is 1. The molecule has 0 spiro atoms. The number of nitro benzene ring substituents is 1. The van der Waals surface area contributed by atoms with Gasteiger partial charge in [-0.3, -0.25) is 14.9 Å². The summed E-state index contributed by atoms with van der Waals surface area (Å²) in [5.41, 5.74) is 1.05. The third-order valence-corrected chi connectivity index (χ3v) is 2.73. The Morgan fingerprint density at radius 2 is 1.56 bits per heavy atom. The normalized spacial score (nSPS) is 10.1. The van der Waals surface area contributed by atoms with Gasteiger partial charge in [0.1, 0.15) is 0 Å². The van der Waals surface area contributed by atoms with Crippen LogP contribution in [-0.4, -0.2) is 10.2 Å². The Morgan fingerprint density at radius 3 is 2.17 bits per heavy atom. The minimum atomic E-state index is -0.635. The van der Waals surface area contributed by atoms with Crippen LogP contribution in [0.2, 0.25) is 0 Å². The summed E-state index contributed by atoms with van der Waals surface area (Å²) in [4.78, 5) is 21.8. The van der Waals surface area contributed by atoms with Gasteiger partial charge < -0.3 is 0 Å². The molecule has 0 fully saturated rings. The summed E-state index contributed by atoms with van der Waals surface area (Å²) in [6.07, 6.45) is 0. The maximum Gasteiger partial charge on any atom is 0.277 e. The Labute approximate surface area is 108 Å². The fourth-order valence-electron chi connectivity index (χ4n) is 1.75. The zero-order valence-corrected chi connectivity index (χ0v) is 9.92. The van der Waals surface area contributed by atoms with Gasteiger partial charge in [-0.05, 0) is 23.7 Å². The largest absolute Gasteiger partial charge is 0.277 e. The van der Waals surface area contributed by atoms with Crippen molar-refractivity contribution in [2.75, 3.05) is 0 Å². The van der Waals surface area contributed by atoms with Crippen LogP contribution in [0.15, 0.2) is 48.5 Å². The monoisotopic (exact) mass is 261 g/mol. The number of rotatable bonds is 3. The average molecular weight is 262 g/mol. The highest BCUT2D eigenvalue weighted by Crippen LogP contribution is 2.32. The number of hydrogen-bond acceptors (Lipinski definition) is 3. The number of nitro groups is 1. The van der Waals surface area contributed by atoms with Gasteiger partial charge >= 0.3 is 0 Å². The van der Waals surface area contributed by atoms with Gasteiger partial charge in [0, 0.05) is 17.2 Å². The van der Waals surface area contributed by atoms with E-state index in [1.807, 2.05) is 0 Å². The number of nitrogens with zero attached hydrogens (tertiary/aromatic N) is 1. The zero-order chi connectivity index (χ0) is 13.1. The van der Waals surface area contributed by atoms with E-state index in [9.17, 15) is 14.9 Å². The van der Waals surface area contributed by atoms with E-state index in [1.165, 1.54) is 6.07 Å². The Morgan fingerprint density at radius 1 is 1.00 bits per heavy atom. The highest BCUT2D eigenvalue weighted by Gasteiger charge is 2.18. The predicted octanol–water partition coefficient (Wildman–Crippen LogP) is 3.64. The van der Waals surface area contributed by atoms with Crippen LogP contribution in [0.5, 0.6) is 0 Å². The second-order valence-corrected chi connectivity index (χ2v) is 3.94. The molecule has 0 heterocycles. The molecule has 0 atom stereocenters. The molecule has 5 heteroatoms. The Hall–Kier alpha value is -2.20. The quantitative estimate of drug-likeness (QED) is 0.481. The fraction of sp³-hybridized carbons (Fsp3) is 0. The molecule has 4 nitrogen and oxygen atoms in total. The van der Waals surface area contributed by atoms with Gasteiger partial charge in [-0.25, -0.2) is 0 Å². The summed E-state index contributed by atoms with van der Waals surface area (Å²) in [6.45, 7) is 0. The van der Waals surface area contributed by atoms with Crippen LogP contribution in [0.25, 0.3) is 11.1 Å². The zero-order valence-electron chi connectivity index (χ0n) is 9.17. The lowest BCUT2D eigenvalue weighted by atomic mass is 9.99. The molecule has 0 unspecified atom stereocenters. The van der Waals surface area contributed by atoms with Crippen LogP contribution in [-0.2, 0) is 0 Å². The third kappa shape index (κ3) is 2.24. The molecule has 2 aromatic rings. The molecule has 0 amide bonds. The second-order valence-electron chi connectivity index (χ2n) is 3.59. The van der Waals surface area contributed by atoms with E-state index in [-0.39, 0.29) is 11.3 Å². The molecule has 90 valence electrons. The van der Waals surface area contributed by atoms with Crippen molar-refractivity contribution in [3.05, 3.63) is 64.2 Å². The van der Waals surface area contributed by atoms with Crippen LogP contribution < -0.4 is 0 Å². The van der Waals surface area contributed by atoms with Crippen LogP contribution in [0.4, 0.5) is 5.69 Å². The van der Waals surface area contributed by atoms with Gasteiger partial charge in [-0.1, -0.05) is 30.3 Å². The van der Waals surface area contributed by atoms with Gasteiger partial charge in [0.2, 0.25) is 0 Å². The molecule has 0 aliphatic heterocycles. The maximum atomic E-state index is 11.3. The summed E-state index contributed by atoms with van der Waals surface area (Å²) < 4.78 is 0. The van der Waals surface area contributed by atoms with Crippen LogP contribution in [0, 0.1) is 10.1 Å². The first-order valence-electron chi connectivity index (χ1n) is 5.14. The van der Waals surface area contributed by atoms with Crippen LogP contribution in [0.1, 0.15) is 10.4 Å². The first-order chi connectivity index (χ1) is 8.61. The first-order valence-corrected chi connectivity index (χ1v) is 5.51. The summed E-state index contributed by atoms with van der Waals surface area (Å²) in [5.74, 6) is 0. The smallest absolute Gasteiger partial charge is 0.276 e. The van der Waals surface area contributed by atoms with E-state index in [1.54, 1.807) is 42.5 Å². The van der Waals surface area contributed by atoms with Gasteiger partial charge in [0.15, 0.2) is 0 Å². The molecule has 0 saturated carbocycles. The molecule has 0 saturated heterocycles. The third-order valence-electron chi connectivity index (χ3n) is 2.53. The molecule has 18 heavy (non-hydrogen) atoms. The van der Waals surface area contributed by atoms with E-state index >= 15 is 0 Å². The molecular formula is C13H8ClNO3. The Kier molecular flexibility index (Phi) is 3.39. The molecule has 0 aromatic heterocycles. The van der Waals surface area contributed by atoms with Gasteiger partial charge in [0.05, 0.1) is 10.5 Å². The number of para-hydroxylation sites is 1. The van der Waals surface area contributed by atoms with Crippen molar-refractivity contribution < 1.29 is 9.72 Å². The first kappa shape index (κ1) is 12.3. The summed E-state index contributed by atoms with van der Waals surface area (Å²) in [6, 6.07) is 12.8. The topological polar surface area (TPSA) is 60.2 Å². The Balaban J connectivity index is 2.70. The fourth-order valence-corrected chi connectivity index (χ4v) is 1.91. The highest BCUT2D eigenvalue weighted by molar-refractivity contribution is 6.68. The number of hydrogen-bond donors (Lipinski definition) is 0. The molecule has 2 rings (SSSR count). The molecular weight excluding hydrogens is 254 g/mol. The SMILES string of the molecule is O=C(Cl)c1ccccc1-c1ccccc1[N+](=O)[O-]. The van der Waals surface area contributed by atoms with Gasteiger partial charge in [-0.15, -0.1) is 0 Å². The van der Waals surface area contributed by atoms with Crippen molar-refractivity contribution in [1.29, 1.82) is 0 Å². The van der Waals surface area contributed by atoms with Crippen molar-refractivity contribution in [1.82, 2.24) is 0 Å². The van der Waals surface area contributed by atoms with Crippen molar-refractivity contribution >= 4 is 22.5 Å². The van der Waals surface area contributed by atoms with Crippen molar-refractivity contribution in [3.8, 4) is 11.1 Å². The van der Waals surface area contributed by atoms with Crippen molar-refractivity contribution in [2.45, 2.75) is 0 Å². The van der Waals surface area contributed by atoms with E-state index in [2.05, 4.69) is 0 Å². The summed E-state index contributed by atoms with van der Waals surface area (Å²) >= 11 is 5.48. The van der Waals surface area contributed by atoms with Gasteiger partial charge in [0.25, 0.3) is 10.9 Å². The van der Waals surface area contributed by atoms with Gasteiger partial charge in [-0.2, -0.15) is 0 Å². The predicted molar refractivity (Wildman–Crippen MR) is 68.7 cm³/mol. The highest BCUT2D eigenvalue weighted by atomic mass is 35.5. The molecule has 0 aliphatic carbocycles. The van der Waals surface area contributed by atoms with E-state index in [4.69, 9.17) is 11.6 Å². The maximum absolute atomic E-state index is 11.3. The summed E-state index contributed by atoms with van der Waals surface area (Å²) in [5, 5.41) is 10.3. The van der Waals surface area contributed by atoms with E-state index in [0.29, 0.717) is 11.1 Å². The summed E-state index contributed by atoms with van der Waals surface area (Å²) in [7, 11) is 0. The molecule has 0 radical (unpaired) electrons. The molecule has 0 aliphatic rings. The minimum Gasteiger partial charge on any atom is -0.276 e. The van der Waals surface area contributed by atoms with Crippen LogP contribution in [0.3, 0.4) is 0 Å². The average Bonchev–Trinajstić information content (AvgIpc) is 2.38. The molecule has 0 N–H and O–H groups in total. The lowest BCUT2D eigenvalue weighted by Crippen LogP contribution is -1.96. The van der Waals surface area contributed by atoms with E-state index < -0.39 is 10.2 Å². The number of carbonyl (C=O) groups is 1. The van der Waals surface area contributed by atoms with Crippen LogP contribution >= 0.6 is 11.6 Å². The second kappa shape index (κ2) is 4.98. The van der Waals surface area contributed by atoms with Crippen molar-refractivity contribution in [3.63, 3.8) is 0 Å². The lowest BCUT2D eigenvalue weighted by Gasteiger charge is -2.06. The number of halogens is 1. The molecule has 2 aromatic carbocycles. The van der Waals surface area contributed by atoms with Crippen molar-refractivity contribution in [2.24, 2.45) is 0 Å². The minimum absolute atomic E-state index is 0.0529. The Bertz CT molecular complexity index is 570. The van der Waals surface area contributed by atoms with E-state index in [0.717, 1.165) is 0 Å². The lowest BCUT2D eigenvalue weighted by molar-refractivity contribution is -0.384. The molecule has 0 bridgehead atoms.